The molecule has 5 heteroatoms. The number of halogens is 2. The fraction of sp³-hybridized carbons (Fsp3) is 0.182. The Kier molecular flexibility index (Phi) is 3.52. The molecule has 0 aliphatic rings. The first kappa shape index (κ1) is 11.9. The van der Waals surface area contributed by atoms with E-state index < -0.39 is 0 Å². The summed E-state index contributed by atoms with van der Waals surface area (Å²) in [4.78, 5) is 11.6. The molecule has 1 aromatic carbocycles. The van der Waals surface area contributed by atoms with Crippen molar-refractivity contribution in [3.05, 3.63) is 54.0 Å². The topological polar surface area (TPSA) is 22.0 Å². The molecule has 2 aromatic rings. The van der Waals surface area contributed by atoms with Gasteiger partial charge in [0.25, 0.3) is 0 Å². The van der Waals surface area contributed by atoms with Crippen molar-refractivity contribution in [3.8, 4) is 0 Å². The Morgan fingerprint density at radius 3 is 2.81 bits per heavy atom. The summed E-state index contributed by atoms with van der Waals surface area (Å²) >= 11 is 10.7. The van der Waals surface area contributed by atoms with Gasteiger partial charge < -0.3 is 0 Å². The van der Waals surface area contributed by atoms with Crippen LogP contribution in [0.25, 0.3) is 0 Å². The van der Waals surface area contributed by atoms with Gasteiger partial charge in [-0.2, -0.15) is 0 Å². The van der Waals surface area contributed by atoms with Crippen LogP contribution < -0.4 is 4.87 Å². The van der Waals surface area contributed by atoms with Crippen LogP contribution >= 0.6 is 38.9 Å². The summed E-state index contributed by atoms with van der Waals surface area (Å²) in [5.41, 5.74) is 1.92. The first-order valence-electron chi connectivity index (χ1n) is 4.67. The quantitative estimate of drug-likeness (QED) is 0.828. The van der Waals surface area contributed by atoms with Gasteiger partial charge >= 0.3 is 4.87 Å². The molecule has 0 N–H and O–H groups in total. The van der Waals surface area contributed by atoms with Crippen LogP contribution in [0.1, 0.15) is 11.3 Å². The fourth-order valence-electron chi connectivity index (χ4n) is 1.42. The first-order chi connectivity index (χ1) is 7.58. The van der Waals surface area contributed by atoms with Gasteiger partial charge in [-0.3, -0.25) is 9.36 Å². The predicted molar refractivity (Wildman–Crippen MR) is 71.6 cm³/mol. The molecule has 2 rings (SSSR count). The van der Waals surface area contributed by atoms with Gasteiger partial charge in [0.15, 0.2) is 0 Å². The lowest BCUT2D eigenvalue weighted by Crippen LogP contribution is -2.15. The molecule has 0 radical (unpaired) electrons. The normalized spacial score (nSPS) is 10.7. The highest BCUT2D eigenvalue weighted by Gasteiger charge is 2.06. The number of benzene rings is 1. The van der Waals surface area contributed by atoms with Gasteiger partial charge in [0.1, 0.15) is 0 Å². The van der Waals surface area contributed by atoms with Crippen LogP contribution in [0, 0.1) is 6.92 Å². The van der Waals surface area contributed by atoms with Crippen LogP contribution in [0.2, 0.25) is 5.02 Å². The van der Waals surface area contributed by atoms with E-state index in [2.05, 4.69) is 15.9 Å². The summed E-state index contributed by atoms with van der Waals surface area (Å²) in [5, 5.41) is 2.53. The summed E-state index contributed by atoms with van der Waals surface area (Å²) in [6.07, 6.45) is 0. The molecule has 2 nitrogen and oxygen atoms in total. The third-order valence-corrected chi connectivity index (χ3v) is 4.05. The van der Waals surface area contributed by atoms with E-state index in [-0.39, 0.29) is 4.87 Å². The molecular weight excluding hydrogens is 310 g/mol. The van der Waals surface area contributed by atoms with E-state index in [0.29, 0.717) is 11.6 Å². The van der Waals surface area contributed by atoms with Gasteiger partial charge in [-0.15, -0.1) is 0 Å². The number of hydrogen-bond acceptors (Lipinski definition) is 2. The van der Waals surface area contributed by atoms with Crippen LogP contribution in [0.15, 0.2) is 32.8 Å². The van der Waals surface area contributed by atoms with E-state index in [1.54, 1.807) is 4.57 Å². The highest BCUT2D eigenvalue weighted by atomic mass is 79.9. The van der Waals surface area contributed by atoms with Gasteiger partial charge in [0.2, 0.25) is 0 Å². The summed E-state index contributed by atoms with van der Waals surface area (Å²) in [6, 6.07) is 5.69. The second-order valence-electron chi connectivity index (χ2n) is 3.46. The molecule has 0 spiro atoms. The van der Waals surface area contributed by atoms with E-state index in [1.165, 1.54) is 11.3 Å². The second-order valence-corrected chi connectivity index (χ2v) is 5.61. The summed E-state index contributed by atoms with van der Waals surface area (Å²) in [5.74, 6) is 0. The molecular formula is C11H9BrClNOS. The third-order valence-electron chi connectivity index (χ3n) is 2.32. The highest BCUT2D eigenvalue weighted by molar-refractivity contribution is 9.10. The minimum absolute atomic E-state index is 0.0523. The Labute approximate surface area is 111 Å². The minimum Gasteiger partial charge on any atom is -0.299 e. The second kappa shape index (κ2) is 4.73. The highest BCUT2D eigenvalue weighted by Crippen LogP contribution is 2.22. The number of aromatic nitrogens is 1. The van der Waals surface area contributed by atoms with Crippen molar-refractivity contribution in [3.63, 3.8) is 0 Å². The SMILES string of the molecule is Cc1csc(=O)n1Cc1ccc(Br)cc1Cl. The molecule has 1 aromatic heterocycles. The molecule has 0 aliphatic carbocycles. The number of rotatable bonds is 2. The van der Waals surface area contributed by atoms with E-state index >= 15 is 0 Å². The van der Waals surface area contributed by atoms with Crippen LogP contribution in [0.3, 0.4) is 0 Å². The number of thiazole rings is 1. The van der Waals surface area contributed by atoms with Gasteiger partial charge in [-0.05, 0) is 24.6 Å². The summed E-state index contributed by atoms with van der Waals surface area (Å²) in [7, 11) is 0. The molecule has 1 heterocycles. The molecule has 16 heavy (non-hydrogen) atoms. The number of hydrogen-bond donors (Lipinski definition) is 0. The van der Waals surface area contributed by atoms with E-state index in [0.717, 1.165) is 15.7 Å². The Bertz CT molecular complexity index is 576. The zero-order valence-electron chi connectivity index (χ0n) is 8.54. The van der Waals surface area contributed by atoms with Crippen molar-refractivity contribution in [2.45, 2.75) is 13.5 Å². The lowest BCUT2D eigenvalue weighted by molar-refractivity contribution is 0.755. The van der Waals surface area contributed by atoms with Crippen molar-refractivity contribution in [1.82, 2.24) is 4.57 Å². The van der Waals surface area contributed by atoms with E-state index in [4.69, 9.17) is 11.6 Å². The molecule has 0 aliphatic heterocycles. The molecule has 0 bridgehead atoms. The predicted octanol–water partition coefficient (Wildman–Crippen LogP) is 3.68. The maximum Gasteiger partial charge on any atom is 0.307 e. The summed E-state index contributed by atoms with van der Waals surface area (Å²) < 4.78 is 2.66. The standard InChI is InChI=1S/C11H9BrClNOS/c1-7-6-16-11(15)14(7)5-8-2-3-9(12)4-10(8)13/h2-4,6H,5H2,1H3. The molecule has 0 unspecified atom stereocenters. The zero-order valence-corrected chi connectivity index (χ0v) is 11.7. The van der Waals surface area contributed by atoms with Crippen LogP contribution in [0.5, 0.6) is 0 Å². The molecule has 0 saturated heterocycles. The maximum atomic E-state index is 11.6. The lowest BCUT2D eigenvalue weighted by Gasteiger charge is -2.07. The van der Waals surface area contributed by atoms with Crippen molar-refractivity contribution in [2.24, 2.45) is 0 Å². The number of aryl methyl sites for hydroxylation is 1. The van der Waals surface area contributed by atoms with Crippen molar-refractivity contribution in [2.75, 3.05) is 0 Å². The van der Waals surface area contributed by atoms with Gasteiger partial charge in [0, 0.05) is 20.6 Å². The molecule has 0 saturated carbocycles. The smallest absolute Gasteiger partial charge is 0.299 e. The third kappa shape index (κ3) is 2.39. The Balaban J connectivity index is 2.38. The number of nitrogens with zero attached hydrogens (tertiary/aromatic N) is 1. The van der Waals surface area contributed by atoms with Gasteiger partial charge in [-0.25, -0.2) is 0 Å². The van der Waals surface area contributed by atoms with E-state index in [1.807, 2.05) is 30.5 Å². The summed E-state index contributed by atoms with van der Waals surface area (Å²) in [6.45, 7) is 2.45. The monoisotopic (exact) mass is 317 g/mol. The van der Waals surface area contributed by atoms with Crippen LogP contribution in [-0.2, 0) is 6.54 Å². The van der Waals surface area contributed by atoms with Crippen molar-refractivity contribution < 1.29 is 0 Å². The van der Waals surface area contributed by atoms with Crippen molar-refractivity contribution >= 4 is 38.9 Å². The minimum atomic E-state index is 0.0523. The van der Waals surface area contributed by atoms with Gasteiger partial charge in [-0.1, -0.05) is 44.9 Å². The van der Waals surface area contributed by atoms with Gasteiger partial charge in [0.05, 0.1) is 6.54 Å². The molecule has 84 valence electrons. The van der Waals surface area contributed by atoms with Crippen LogP contribution in [-0.4, -0.2) is 4.57 Å². The van der Waals surface area contributed by atoms with Crippen molar-refractivity contribution in [1.29, 1.82) is 0 Å². The van der Waals surface area contributed by atoms with E-state index in [9.17, 15) is 4.79 Å². The molecule has 0 amide bonds. The van der Waals surface area contributed by atoms with Crippen LogP contribution in [0.4, 0.5) is 0 Å². The molecule has 0 atom stereocenters. The Hall–Kier alpha value is -0.580. The average Bonchev–Trinajstić information content (AvgIpc) is 2.53. The first-order valence-corrected chi connectivity index (χ1v) is 6.72. The lowest BCUT2D eigenvalue weighted by atomic mass is 10.2. The molecule has 0 fully saturated rings. The fourth-order valence-corrected chi connectivity index (χ4v) is 2.88. The Morgan fingerprint density at radius 2 is 2.25 bits per heavy atom. The Morgan fingerprint density at radius 1 is 1.50 bits per heavy atom. The average molecular weight is 319 g/mol. The zero-order chi connectivity index (χ0) is 11.7. The largest absolute Gasteiger partial charge is 0.307 e. The maximum absolute atomic E-state index is 11.6.